The van der Waals surface area contributed by atoms with Crippen LogP contribution in [-0.2, 0) is 16.0 Å². The van der Waals surface area contributed by atoms with Crippen LogP contribution >= 0.6 is 0 Å². The van der Waals surface area contributed by atoms with Gasteiger partial charge in [-0.15, -0.1) is 0 Å². The molecular formula is C17H27N3O3. The van der Waals surface area contributed by atoms with Crippen LogP contribution < -0.4 is 10.6 Å². The van der Waals surface area contributed by atoms with E-state index in [2.05, 4.69) is 15.6 Å². The summed E-state index contributed by atoms with van der Waals surface area (Å²) in [7, 11) is 1.67. The third-order valence-corrected chi connectivity index (χ3v) is 3.03. The molecule has 6 nitrogen and oxygen atoms in total. The van der Waals surface area contributed by atoms with Crippen LogP contribution in [0.5, 0.6) is 0 Å². The van der Waals surface area contributed by atoms with Crippen molar-refractivity contribution in [3.63, 3.8) is 0 Å². The number of carbonyl (C=O) groups excluding carboxylic acids is 1. The maximum atomic E-state index is 11.6. The van der Waals surface area contributed by atoms with Gasteiger partial charge in [-0.2, -0.15) is 0 Å². The number of ether oxygens (including phenoxy) is 2. The number of esters is 1. The first-order valence-electron chi connectivity index (χ1n) is 7.90. The smallest absolute Gasteiger partial charge is 0.338 e. The molecular weight excluding hydrogens is 294 g/mol. The van der Waals surface area contributed by atoms with Crippen LogP contribution in [0.1, 0.15) is 36.7 Å². The van der Waals surface area contributed by atoms with Crippen LogP contribution in [-0.4, -0.2) is 44.8 Å². The number of nitrogens with one attached hydrogen (secondary N) is 2. The van der Waals surface area contributed by atoms with Gasteiger partial charge in [-0.05, 0) is 38.5 Å². The van der Waals surface area contributed by atoms with Crippen molar-refractivity contribution in [1.82, 2.24) is 10.6 Å². The predicted molar refractivity (Wildman–Crippen MR) is 91.7 cm³/mol. The molecule has 0 bridgehead atoms. The van der Waals surface area contributed by atoms with E-state index < -0.39 is 0 Å². The Morgan fingerprint density at radius 2 is 1.96 bits per heavy atom. The average Bonchev–Trinajstić information content (AvgIpc) is 2.54. The van der Waals surface area contributed by atoms with Crippen LogP contribution in [0.2, 0.25) is 0 Å². The Balaban J connectivity index is 2.66. The van der Waals surface area contributed by atoms with Crippen LogP contribution in [0.25, 0.3) is 0 Å². The highest BCUT2D eigenvalue weighted by atomic mass is 16.5. The van der Waals surface area contributed by atoms with Crippen molar-refractivity contribution in [2.45, 2.75) is 33.4 Å². The predicted octanol–water partition coefficient (Wildman–Crippen LogP) is 1.95. The summed E-state index contributed by atoms with van der Waals surface area (Å²) in [6.07, 6.45) is 0. The van der Waals surface area contributed by atoms with Gasteiger partial charge in [0, 0.05) is 19.7 Å². The number of hydrogen-bond acceptors (Lipinski definition) is 4. The zero-order valence-corrected chi connectivity index (χ0v) is 14.4. The summed E-state index contributed by atoms with van der Waals surface area (Å²) in [6, 6.07) is 7.47. The Morgan fingerprint density at radius 1 is 1.26 bits per heavy atom. The molecule has 0 spiro atoms. The van der Waals surface area contributed by atoms with Gasteiger partial charge in [0.15, 0.2) is 5.96 Å². The second kappa shape index (κ2) is 10.6. The highest BCUT2D eigenvalue weighted by Gasteiger charge is 2.06. The minimum absolute atomic E-state index is 0.170. The summed E-state index contributed by atoms with van der Waals surface area (Å²) in [6.45, 7) is 8.14. The Morgan fingerprint density at radius 3 is 2.52 bits per heavy atom. The SMILES string of the molecule is CCNC(=NCc1ccc(C(=O)OCC)cc1)NC(C)COC. The fourth-order valence-electron chi connectivity index (χ4n) is 1.98. The van der Waals surface area contributed by atoms with Crippen molar-refractivity contribution >= 4 is 11.9 Å². The third-order valence-electron chi connectivity index (χ3n) is 3.03. The van der Waals surface area contributed by atoms with E-state index in [1.165, 1.54) is 0 Å². The summed E-state index contributed by atoms with van der Waals surface area (Å²) in [5.41, 5.74) is 1.58. The average molecular weight is 321 g/mol. The van der Waals surface area contributed by atoms with Gasteiger partial charge in [0.05, 0.1) is 25.3 Å². The second-order valence-corrected chi connectivity index (χ2v) is 5.11. The standard InChI is InChI=1S/C17H27N3O3/c1-5-18-17(20-13(3)12-22-4)19-11-14-7-9-15(10-8-14)16(21)23-6-2/h7-10,13H,5-6,11-12H2,1-4H3,(H2,18,19,20). The number of hydrogen-bond donors (Lipinski definition) is 2. The number of nitrogens with zero attached hydrogens (tertiary/aromatic N) is 1. The Kier molecular flexibility index (Phi) is 8.75. The molecule has 1 unspecified atom stereocenters. The van der Waals surface area contributed by atoms with E-state index in [9.17, 15) is 4.79 Å². The van der Waals surface area contributed by atoms with Crippen molar-refractivity contribution < 1.29 is 14.3 Å². The quantitative estimate of drug-likeness (QED) is 0.435. The molecule has 0 aliphatic heterocycles. The molecule has 0 aromatic heterocycles. The number of carbonyl (C=O) groups is 1. The first-order valence-corrected chi connectivity index (χ1v) is 7.90. The van der Waals surface area contributed by atoms with Gasteiger partial charge in [0.1, 0.15) is 0 Å². The van der Waals surface area contributed by atoms with Crippen molar-refractivity contribution in [3.8, 4) is 0 Å². The molecule has 0 aliphatic rings. The van der Waals surface area contributed by atoms with E-state index in [1.54, 1.807) is 26.2 Å². The minimum atomic E-state index is -0.300. The van der Waals surface area contributed by atoms with E-state index in [4.69, 9.17) is 9.47 Å². The van der Waals surface area contributed by atoms with E-state index in [0.717, 1.165) is 18.1 Å². The summed E-state index contributed by atoms with van der Waals surface area (Å²) in [5.74, 6) is 0.442. The van der Waals surface area contributed by atoms with Gasteiger partial charge < -0.3 is 20.1 Å². The van der Waals surface area contributed by atoms with Crippen LogP contribution in [0.3, 0.4) is 0 Å². The van der Waals surface area contributed by atoms with E-state index >= 15 is 0 Å². The lowest BCUT2D eigenvalue weighted by molar-refractivity contribution is 0.0526. The van der Waals surface area contributed by atoms with Crippen LogP contribution in [0.4, 0.5) is 0 Å². The molecule has 0 fully saturated rings. The summed E-state index contributed by atoms with van der Waals surface area (Å²) in [5, 5.41) is 6.47. The summed E-state index contributed by atoms with van der Waals surface area (Å²) in [4.78, 5) is 16.1. The largest absolute Gasteiger partial charge is 0.462 e. The zero-order valence-electron chi connectivity index (χ0n) is 14.4. The normalized spacial score (nSPS) is 12.6. The first kappa shape index (κ1) is 19.0. The Hall–Kier alpha value is -2.08. The number of aliphatic imine (C=N–C) groups is 1. The van der Waals surface area contributed by atoms with Gasteiger partial charge >= 0.3 is 5.97 Å². The highest BCUT2D eigenvalue weighted by Crippen LogP contribution is 2.07. The van der Waals surface area contributed by atoms with Crippen molar-refractivity contribution in [2.75, 3.05) is 26.9 Å². The lowest BCUT2D eigenvalue weighted by atomic mass is 10.1. The summed E-state index contributed by atoms with van der Waals surface area (Å²) >= 11 is 0. The first-order chi connectivity index (χ1) is 11.1. The number of benzene rings is 1. The van der Waals surface area contributed by atoms with Gasteiger partial charge in [-0.1, -0.05) is 12.1 Å². The van der Waals surface area contributed by atoms with Gasteiger partial charge in [0.2, 0.25) is 0 Å². The number of methoxy groups -OCH3 is 1. The van der Waals surface area contributed by atoms with Crippen molar-refractivity contribution in [3.05, 3.63) is 35.4 Å². The minimum Gasteiger partial charge on any atom is -0.462 e. The van der Waals surface area contributed by atoms with Gasteiger partial charge in [-0.3, -0.25) is 0 Å². The lowest BCUT2D eigenvalue weighted by Gasteiger charge is -2.17. The topological polar surface area (TPSA) is 72.0 Å². The molecule has 0 saturated carbocycles. The maximum absolute atomic E-state index is 11.6. The van der Waals surface area contributed by atoms with Gasteiger partial charge in [-0.25, -0.2) is 9.79 Å². The van der Waals surface area contributed by atoms with E-state index in [0.29, 0.717) is 25.3 Å². The van der Waals surface area contributed by atoms with Gasteiger partial charge in [0.25, 0.3) is 0 Å². The molecule has 1 atom stereocenters. The van der Waals surface area contributed by atoms with Crippen molar-refractivity contribution in [1.29, 1.82) is 0 Å². The monoisotopic (exact) mass is 321 g/mol. The van der Waals surface area contributed by atoms with Crippen molar-refractivity contribution in [2.24, 2.45) is 4.99 Å². The lowest BCUT2D eigenvalue weighted by Crippen LogP contribution is -2.43. The van der Waals surface area contributed by atoms with Crippen LogP contribution in [0.15, 0.2) is 29.3 Å². The Bertz CT molecular complexity index is 500. The number of guanidine groups is 1. The summed E-state index contributed by atoms with van der Waals surface area (Å²) < 4.78 is 10.1. The molecule has 6 heteroatoms. The van der Waals surface area contributed by atoms with Crippen LogP contribution in [0, 0.1) is 0 Å². The molecule has 0 saturated heterocycles. The van der Waals surface area contributed by atoms with E-state index in [-0.39, 0.29) is 12.0 Å². The molecule has 1 aromatic rings. The van der Waals surface area contributed by atoms with E-state index in [1.807, 2.05) is 26.0 Å². The fourth-order valence-corrected chi connectivity index (χ4v) is 1.98. The zero-order chi connectivity index (χ0) is 17.1. The number of rotatable bonds is 8. The molecule has 0 heterocycles. The maximum Gasteiger partial charge on any atom is 0.338 e. The molecule has 0 amide bonds. The molecule has 0 aliphatic carbocycles. The Labute approximate surface area is 138 Å². The fraction of sp³-hybridized carbons (Fsp3) is 0.529. The molecule has 2 N–H and O–H groups in total. The molecule has 1 aromatic carbocycles. The molecule has 0 radical (unpaired) electrons. The third kappa shape index (κ3) is 7.15. The molecule has 23 heavy (non-hydrogen) atoms. The second-order valence-electron chi connectivity index (χ2n) is 5.11. The highest BCUT2D eigenvalue weighted by molar-refractivity contribution is 5.89. The molecule has 128 valence electrons. The molecule has 1 rings (SSSR count).